The van der Waals surface area contributed by atoms with Crippen LogP contribution in [0.25, 0.3) is 0 Å². The third kappa shape index (κ3) is 3.40. The average Bonchev–Trinajstić information content (AvgIpc) is 2.57. The molecular weight excluding hydrogens is 282 g/mol. The van der Waals surface area contributed by atoms with E-state index in [2.05, 4.69) is 25.8 Å². The highest BCUT2D eigenvalue weighted by molar-refractivity contribution is 5.93. The van der Waals surface area contributed by atoms with E-state index in [9.17, 15) is 4.79 Å². The highest BCUT2D eigenvalue weighted by Crippen LogP contribution is 2.25. The van der Waals surface area contributed by atoms with Crippen LogP contribution in [0.2, 0.25) is 0 Å². The molecule has 2 rings (SSSR count). The predicted octanol–water partition coefficient (Wildman–Crippen LogP) is 1.06. The van der Waals surface area contributed by atoms with Gasteiger partial charge in [-0.15, -0.1) is 0 Å². The Bertz CT molecular complexity index is 628. The number of amides is 1. The molecule has 0 aliphatic carbocycles. The number of hydrogen-bond acceptors (Lipinski definition) is 7. The van der Waals surface area contributed by atoms with E-state index in [4.69, 9.17) is 5.73 Å². The lowest BCUT2D eigenvalue weighted by Gasteiger charge is -2.22. The Labute approximate surface area is 128 Å². The minimum absolute atomic E-state index is 0.298. The summed E-state index contributed by atoms with van der Waals surface area (Å²) >= 11 is 0. The number of nitrogens with one attached hydrogen (secondary N) is 2. The molecule has 2 aromatic rings. The fourth-order valence-electron chi connectivity index (χ4n) is 1.94. The largest absolute Gasteiger partial charge is 0.393 e. The van der Waals surface area contributed by atoms with Gasteiger partial charge in [-0.05, 0) is 26.0 Å². The maximum Gasteiger partial charge on any atom is 0.288 e. The number of rotatable bonds is 6. The van der Waals surface area contributed by atoms with E-state index < -0.39 is 0 Å². The molecule has 4 N–H and O–H groups in total. The van der Waals surface area contributed by atoms with Crippen LogP contribution in [0.4, 0.5) is 17.3 Å². The van der Waals surface area contributed by atoms with Crippen LogP contribution in [0, 0.1) is 0 Å². The van der Waals surface area contributed by atoms with Gasteiger partial charge in [0.2, 0.25) is 0 Å². The van der Waals surface area contributed by atoms with Crippen molar-refractivity contribution in [2.75, 3.05) is 29.1 Å². The van der Waals surface area contributed by atoms with Crippen molar-refractivity contribution >= 4 is 23.2 Å². The van der Waals surface area contributed by atoms with Crippen molar-refractivity contribution in [2.24, 2.45) is 0 Å². The molecule has 0 aliphatic heterocycles. The molecule has 116 valence electrons. The van der Waals surface area contributed by atoms with E-state index in [1.807, 2.05) is 18.7 Å². The molecule has 0 atom stereocenters. The van der Waals surface area contributed by atoms with Crippen LogP contribution in [0.3, 0.4) is 0 Å². The van der Waals surface area contributed by atoms with E-state index in [1.165, 1.54) is 6.33 Å². The van der Waals surface area contributed by atoms with Gasteiger partial charge < -0.3 is 10.6 Å². The highest BCUT2D eigenvalue weighted by atomic mass is 16.2. The molecular formula is C14H19N7O. The van der Waals surface area contributed by atoms with Crippen LogP contribution in [-0.2, 0) is 0 Å². The zero-order valence-electron chi connectivity index (χ0n) is 12.6. The maximum absolute atomic E-state index is 11.9. The molecule has 0 fully saturated rings. The van der Waals surface area contributed by atoms with Gasteiger partial charge in [0, 0.05) is 19.3 Å². The smallest absolute Gasteiger partial charge is 0.288 e. The van der Waals surface area contributed by atoms with E-state index in [0.29, 0.717) is 23.0 Å². The number of carbonyl (C=O) groups is 1. The van der Waals surface area contributed by atoms with Crippen LogP contribution in [0.15, 0.2) is 30.7 Å². The summed E-state index contributed by atoms with van der Waals surface area (Å²) in [5.41, 5.74) is 12.0. The van der Waals surface area contributed by atoms with E-state index in [-0.39, 0.29) is 5.91 Å². The number of hydrazine groups is 1. The molecule has 0 unspecified atom stereocenters. The van der Waals surface area contributed by atoms with Crippen molar-refractivity contribution in [3.8, 4) is 0 Å². The van der Waals surface area contributed by atoms with Gasteiger partial charge in [0.1, 0.15) is 17.7 Å². The Kier molecular flexibility index (Phi) is 5.07. The topological polar surface area (TPSA) is 109 Å². The molecule has 1 amide bonds. The van der Waals surface area contributed by atoms with Gasteiger partial charge >= 0.3 is 0 Å². The summed E-state index contributed by atoms with van der Waals surface area (Å²) in [6.07, 6.45) is 2.95. The average molecular weight is 301 g/mol. The van der Waals surface area contributed by atoms with Gasteiger partial charge in [0.05, 0.1) is 0 Å². The minimum atomic E-state index is -0.372. The Hall–Kier alpha value is -2.90. The summed E-state index contributed by atoms with van der Waals surface area (Å²) in [5.74, 6) is 0.610. The fourth-order valence-corrected chi connectivity index (χ4v) is 1.94. The van der Waals surface area contributed by atoms with E-state index >= 15 is 0 Å². The number of aromatic nitrogens is 3. The second kappa shape index (κ2) is 7.21. The van der Waals surface area contributed by atoms with Crippen molar-refractivity contribution in [1.29, 1.82) is 0 Å². The molecule has 22 heavy (non-hydrogen) atoms. The number of carbonyl (C=O) groups excluding carboxylic acids is 1. The zero-order valence-corrected chi connectivity index (χ0v) is 12.6. The molecule has 8 nitrogen and oxygen atoms in total. The minimum Gasteiger partial charge on any atom is -0.393 e. The molecule has 0 aromatic carbocycles. The number of nitrogens with zero attached hydrogens (tertiary/aromatic N) is 4. The standard InChI is InChI=1S/C14H19N7O/c1-3-21(4-2)13-11(15)12(17-9-18-13)19-20-14(22)10-7-5-6-8-16-10/h5-9H,3-4,15H2,1-2H3,(H,20,22)(H,17,18,19). The molecule has 8 heteroatoms. The summed E-state index contributed by atoms with van der Waals surface area (Å²) in [5, 5.41) is 0. The number of nitrogens with two attached hydrogens (primary N) is 1. The molecule has 0 spiro atoms. The van der Waals surface area contributed by atoms with Crippen molar-refractivity contribution in [3.63, 3.8) is 0 Å². The fraction of sp³-hybridized carbons (Fsp3) is 0.286. The molecule has 0 saturated heterocycles. The molecule has 0 radical (unpaired) electrons. The summed E-state index contributed by atoms with van der Waals surface area (Å²) in [4.78, 5) is 26.1. The number of pyridine rings is 1. The van der Waals surface area contributed by atoms with E-state index in [0.717, 1.165) is 13.1 Å². The lowest BCUT2D eigenvalue weighted by Crippen LogP contribution is -2.31. The van der Waals surface area contributed by atoms with Crippen molar-refractivity contribution < 1.29 is 4.79 Å². The molecule has 2 heterocycles. The van der Waals surface area contributed by atoms with Crippen LogP contribution in [0.1, 0.15) is 24.3 Å². The first-order chi connectivity index (χ1) is 10.7. The first kappa shape index (κ1) is 15.5. The molecule has 0 aliphatic rings. The third-order valence-electron chi connectivity index (χ3n) is 3.12. The van der Waals surface area contributed by atoms with E-state index in [1.54, 1.807) is 24.4 Å². The summed E-state index contributed by atoms with van der Waals surface area (Å²) in [6, 6.07) is 5.09. The zero-order chi connectivity index (χ0) is 15.9. The van der Waals surface area contributed by atoms with Crippen LogP contribution < -0.4 is 21.5 Å². The summed E-state index contributed by atoms with van der Waals surface area (Å²) in [6.45, 7) is 5.58. The maximum atomic E-state index is 11.9. The number of hydrogen-bond donors (Lipinski definition) is 3. The van der Waals surface area contributed by atoms with Gasteiger partial charge in [-0.25, -0.2) is 9.97 Å². The van der Waals surface area contributed by atoms with Gasteiger partial charge in [-0.1, -0.05) is 6.07 Å². The Morgan fingerprint density at radius 2 is 2.00 bits per heavy atom. The number of anilines is 3. The second-order valence-corrected chi connectivity index (χ2v) is 4.43. The lowest BCUT2D eigenvalue weighted by molar-refractivity contribution is 0.0957. The van der Waals surface area contributed by atoms with Crippen LogP contribution in [-0.4, -0.2) is 33.9 Å². The van der Waals surface area contributed by atoms with Gasteiger partial charge in [0.15, 0.2) is 11.6 Å². The summed E-state index contributed by atoms with van der Waals surface area (Å²) < 4.78 is 0. The SMILES string of the molecule is CCN(CC)c1ncnc(NNC(=O)c2ccccn2)c1N. The van der Waals surface area contributed by atoms with Gasteiger partial charge in [-0.3, -0.25) is 20.6 Å². The second-order valence-electron chi connectivity index (χ2n) is 4.43. The van der Waals surface area contributed by atoms with Gasteiger partial charge in [-0.2, -0.15) is 0 Å². The first-order valence-corrected chi connectivity index (χ1v) is 7.00. The first-order valence-electron chi connectivity index (χ1n) is 7.00. The lowest BCUT2D eigenvalue weighted by atomic mass is 10.3. The van der Waals surface area contributed by atoms with Crippen LogP contribution in [0.5, 0.6) is 0 Å². The normalized spacial score (nSPS) is 10.1. The predicted molar refractivity (Wildman–Crippen MR) is 85.3 cm³/mol. The quantitative estimate of drug-likeness (QED) is 0.684. The van der Waals surface area contributed by atoms with Crippen molar-refractivity contribution in [1.82, 2.24) is 20.4 Å². The van der Waals surface area contributed by atoms with Gasteiger partial charge in [0.25, 0.3) is 5.91 Å². The Balaban J connectivity index is 2.10. The molecule has 2 aromatic heterocycles. The van der Waals surface area contributed by atoms with Crippen molar-refractivity contribution in [3.05, 3.63) is 36.4 Å². The Morgan fingerprint density at radius 1 is 1.23 bits per heavy atom. The highest BCUT2D eigenvalue weighted by Gasteiger charge is 2.13. The Morgan fingerprint density at radius 3 is 2.64 bits per heavy atom. The van der Waals surface area contributed by atoms with Crippen molar-refractivity contribution in [2.45, 2.75) is 13.8 Å². The third-order valence-corrected chi connectivity index (χ3v) is 3.12. The monoisotopic (exact) mass is 301 g/mol. The molecule has 0 bridgehead atoms. The van der Waals surface area contributed by atoms with Crippen LogP contribution >= 0.6 is 0 Å². The number of nitrogen functional groups attached to an aromatic ring is 1. The molecule has 0 saturated carbocycles. The summed E-state index contributed by atoms with van der Waals surface area (Å²) in [7, 11) is 0.